The summed E-state index contributed by atoms with van der Waals surface area (Å²) in [4.78, 5) is 0. The third-order valence-electron chi connectivity index (χ3n) is 4.47. The van der Waals surface area contributed by atoms with Crippen molar-refractivity contribution >= 4 is 23.4 Å². The Morgan fingerprint density at radius 3 is 2.50 bits per heavy atom. The van der Waals surface area contributed by atoms with Gasteiger partial charge in [0.1, 0.15) is 0 Å². The maximum atomic E-state index is 13.8. The number of benzene rings is 2. The number of thioether (sulfide) groups is 1. The second-order valence-corrected chi connectivity index (χ2v) is 8.52. The van der Waals surface area contributed by atoms with Crippen LogP contribution in [-0.2, 0) is 11.9 Å². The smallest absolute Gasteiger partial charge is 0.418 e. The van der Waals surface area contributed by atoms with Crippen molar-refractivity contribution in [3.8, 4) is 17.1 Å². The molecule has 0 amide bonds. The first-order valence-electron chi connectivity index (χ1n) is 9.57. The number of halogens is 4. The summed E-state index contributed by atoms with van der Waals surface area (Å²) in [6.45, 7) is 3.85. The standard InChI is InChI=1S/C21H17ClF3N5OS/c1-12(2)19-28-26-17(31-19)11-32-20-29-27-18(13-6-5-7-14(22)10-13)30(20)16-9-4-3-8-15(16)21(23,24)25/h3-10,12H,11H2,1-2H3. The van der Waals surface area contributed by atoms with Crippen LogP contribution in [0.15, 0.2) is 58.1 Å². The maximum Gasteiger partial charge on any atom is 0.418 e. The molecule has 166 valence electrons. The first-order valence-corrected chi connectivity index (χ1v) is 10.9. The van der Waals surface area contributed by atoms with Gasteiger partial charge in [0.2, 0.25) is 11.8 Å². The average Bonchev–Trinajstić information content (AvgIpc) is 3.39. The number of nitrogens with zero attached hydrogens (tertiary/aromatic N) is 5. The van der Waals surface area contributed by atoms with Crippen molar-refractivity contribution in [2.75, 3.05) is 0 Å². The van der Waals surface area contributed by atoms with Gasteiger partial charge in [-0.25, -0.2) is 0 Å². The molecule has 2 heterocycles. The quantitative estimate of drug-likeness (QED) is 0.298. The van der Waals surface area contributed by atoms with Crippen molar-refractivity contribution in [3.05, 3.63) is 70.9 Å². The number of aromatic nitrogens is 5. The predicted octanol–water partition coefficient (Wildman–Crippen LogP) is 6.41. The van der Waals surface area contributed by atoms with Gasteiger partial charge in [-0.05, 0) is 24.3 Å². The summed E-state index contributed by atoms with van der Waals surface area (Å²) in [5.74, 6) is 1.37. The minimum absolute atomic E-state index is 0.0676. The molecule has 0 spiro atoms. The van der Waals surface area contributed by atoms with Crippen LogP contribution >= 0.6 is 23.4 Å². The topological polar surface area (TPSA) is 69.6 Å². The lowest BCUT2D eigenvalue weighted by Crippen LogP contribution is -2.12. The van der Waals surface area contributed by atoms with Crippen molar-refractivity contribution in [3.63, 3.8) is 0 Å². The Hall–Kier alpha value is -2.85. The lowest BCUT2D eigenvalue weighted by molar-refractivity contribution is -0.137. The van der Waals surface area contributed by atoms with Crippen LogP contribution in [0.4, 0.5) is 13.2 Å². The summed E-state index contributed by atoms with van der Waals surface area (Å²) < 4.78 is 48.3. The van der Waals surface area contributed by atoms with Gasteiger partial charge in [-0.2, -0.15) is 13.2 Å². The molecule has 0 aliphatic carbocycles. The summed E-state index contributed by atoms with van der Waals surface area (Å²) in [5.41, 5.74) is -0.352. The van der Waals surface area contributed by atoms with Gasteiger partial charge in [0.25, 0.3) is 0 Å². The molecule has 6 nitrogen and oxygen atoms in total. The van der Waals surface area contributed by atoms with Gasteiger partial charge in [-0.3, -0.25) is 4.57 Å². The molecular weight excluding hydrogens is 463 g/mol. The van der Waals surface area contributed by atoms with Crippen molar-refractivity contribution in [2.45, 2.75) is 36.9 Å². The van der Waals surface area contributed by atoms with Crippen LogP contribution in [0.2, 0.25) is 5.02 Å². The van der Waals surface area contributed by atoms with E-state index < -0.39 is 11.7 Å². The van der Waals surface area contributed by atoms with Gasteiger partial charge >= 0.3 is 6.18 Å². The van der Waals surface area contributed by atoms with Gasteiger partial charge in [0.15, 0.2) is 11.0 Å². The molecule has 32 heavy (non-hydrogen) atoms. The lowest BCUT2D eigenvalue weighted by atomic mass is 10.1. The van der Waals surface area contributed by atoms with E-state index in [9.17, 15) is 13.2 Å². The van der Waals surface area contributed by atoms with E-state index in [1.807, 2.05) is 13.8 Å². The van der Waals surface area contributed by atoms with Crippen molar-refractivity contribution in [1.29, 1.82) is 0 Å². The molecule has 2 aromatic carbocycles. The van der Waals surface area contributed by atoms with Crippen molar-refractivity contribution in [1.82, 2.24) is 25.0 Å². The van der Waals surface area contributed by atoms with Crippen molar-refractivity contribution < 1.29 is 17.6 Å². The summed E-state index contributed by atoms with van der Waals surface area (Å²) in [7, 11) is 0. The van der Waals surface area contributed by atoms with E-state index in [4.69, 9.17) is 16.0 Å². The minimum atomic E-state index is -4.56. The molecule has 0 atom stereocenters. The van der Waals surface area contributed by atoms with Gasteiger partial charge in [-0.1, -0.05) is 61.5 Å². The number of rotatable bonds is 6. The Bertz CT molecular complexity index is 1240. The number of para-hydroxylation sites is 1. The molecule has 0 aliphatic heterocycles. The summed E-state index contributed by atoms with van der Waals surface area (Å²) in [6, 6.07) is 12.0. The van der Waals surface area contributed by atoms with Crippen LogP contribution in [0, 0.1) is 0 Å². The summed E-state index contributed by atoms with van der Waals surface area (Å²) in [6.07, 6.45) is -4.56. The van der Waals surface area contributed by atoms with Crippen LogP contribution in [0.3, 0.4) is 0 Å². The fourth-order valence-corrected chi connectivity index (χ4v) is 3.96. The van der Waals surface area contributed by atoms with Crippen LogP contribution in [0.5, 0.6) is 0 Å². The molecule has 0 aliphatic rings. The Kier molecular flexibility index (Phi) is 6.25. The zero-order valence-corrected chi connectivity index (χ0v) is 18.5. The number of hydrogen-bond donors (Lipinski definition) is 0. The first kappa shape index (κ1) is 22.3. The second-order valence-electron chi connectivity index (χ2n) is 7.14. The third-order valence-corrected chi connectivity index (χ3v) is 5.62. The highest BCUT2D eigenvalue weighted by atomic mass is 35.5. The Morgan fingerprint density at radius 2 is 1.81 bits per heavy atom. The molecule has 4 aromatic rings. The van der Waals surface area contributed by atoms with E-state index in [0.29, 0.717) is 22.4 Å². The number of alkyl halides is 3. The van der Waals surface area contributed by atoms with E-state index in [1.54, 1.807) is 24.3 Å². The molecule has 2 aromatic heterocycles. The Labute approximate surface area is 190 Å². The van der Waals surface area contributed by atoms with Gasteiger partial charge in [0, 0.05) is 16.5 Å². The normalized spacial score (nSPS) is 12.0. The maximum absolute atomic E-state index is 13.8. The highest BCUT2D eigenvalue weighted by molar-refractivity contribution is 7.98. The zero-order chi connectivity index (χ0) is 22.9. The molecule has 11 heteroatoms. The number of hydrogen-bond acceptors (Lipinski definition) is 6. The van der Waals surface area contributed by atoms with Gasteiger partial charge in [-0.15, -0.1) is 20.4 Å². The van der Waals surface area contributed by atoms with E-state index in [-0.39, 0.29) is 28.3 Å². The fraction of sp³-hybridized carbons (Fsp3) is 0.238. The van der Waals surface area contributed by atoms with E-state index in [2.05, 4.69) is 20.4 Å². The van der Waals surface area contributed by atoms with Crippen LogP contribution < -0.4 is 0 Å². The molecule has 0 saturated heterocycles. The summed E-state index contributed by atoms with van der Waals surface area (Å²) >= 11 is 7.25. The summed E-state index contributed by atoms with van der Waals surface area (Å²) in [5, 5.41) is 17.0. The highest BCUT2D eigenvalue weighted by Gasteiger charge is 2.35. The largest absolute Gasteiger partial charge is 0.424 e. The molecule has 4 rings (SSSR count). The molecule has 0 bridgehead atoms. The van der Waals surface area contributed by atoms with Crippen LogP contribution in [0.25, 0.3) is 17.1 Å². The SMILES string of the molecule is CC(C)c1nnc(CSc2nnc(-c3cccc(Cl)c3)n2-c2ccccc2C(F)(F)F)o1. The van der Waals surface area contributed by atoms with Crippen LogP contribution in [-0.4, -0.2) is 25.0 Å². The van der Waals surface area contributed by atoms with Gasteiger partial charge < -0.3 is 4.42 Å². The Morgan fingerprint density at radius 1 is 1.03 bits per heavy atom. The third kappa shape index (κ3) is 4.66. The zero-order valence-electron chi connectivity index (χ0n) is 17.0. The van der Waals surface area contributed by atoms with Gasteiger partial charge in [0.05, 0.1) is 17.0 Å². The van der Waals surface area contributed by atoms with Crippen LogP contribution in [0.1, 0.15) is 37.1 Å². The first-order chi connectivity index (χ1) is 15.2. The molecule has 0 N–H and O–H groups in total. The van der Waals surface area contributed by atoms with E-state index >= 15 is 0 Å². The monoisotopic (exact) mass is 479 g/mol. The molecular formula is C21H17ClF3N5OS. The lowest BCUT2D eigenvalue weighted by Gasteiger charge is -2.16. The minimum Gasteiger partial charge on any atom is -0.424 e. The average molecular weight is 480 g/mol. The van der Waals surface area contributed by atoms with E-state index in [0.717, 1.165) is 17.8 Å². The molecule has 0 radical (unpaired) electrons. The van der Waals surface area contributed by atoms with Crippen molar-refractivity contribution in [2.24, 2.45) is 0 Å². The highest BCUT2D eigenvalue weighted by Crippen LogP contribution is 2.38. The van der Waals surface area contributed by atoms with E-state index in [1.165, 1.54) is 22.8 Å². The predicted molar refractivity (Wildman–Crippen MR) is 115 cm³/mol. The fourth-order valence-electron chi connectivity index (χ4n) is 2.99. The Balaban J connectivity index is 1.80. The second kappa shape index (κ2) is 8.95. The molecule has 0 saturated carbocycles. The molecule has 0 unspecified atom stereocenters. The molecule has 0 fully saturated rings.